The normalized spacial score (nSPS) is 16.2. The van der Waals surface area contributed by atoms with E-state index in [2.05, 4.69) is 11.9 Å². The zero-order valence-electron chi connectivity index (χ0n) is 9.74. The Morgan fingerprint density at radius 2 is 2.17 bits per heavy atom. The van der Waals surface area contributed by atoms with Gasteiger partial charge < -0.3 is 10.1 Å². The predicted molar refractivity (Wildman–Crippen MR) is 76.4 cm³/mol. The quantitative estimate of drug-likeness (QED) is 0.757. The number of benzene rings is 2. The van der Waals surface area contributed by atoms with Crippen molar-refractivity contribution >= 4 is 28.1 Å². The molecule has 1 heterocycles. The Balaban J connectivity index is 2.20. The fourth-order valence-electron chi connectivity index (χ4n) is 2.02. The van der Waals surface area contributed by atoms with Crippen molar-refractivity contribution in [1.82, 2.24) is 0 Å². The summed E-state index contributed by atoms with van der Waals surface area (Å²) in [5, 5.41) is 6.11. The standard InChI is InChI=1S/C15H12ClNO/c1-10-4-3-7-17-14-9-12-11(8-15(14)18-10)5-2-6-13(12)16/h2-6,8-9,17H,1,7H2/b4-3-. The van der Waals surface area contributed by atoms with Gasteiger partial charge in [-0.15, -0.1) is 0 Å². The average Bonchev–Trinajstić information content (AvgIpc) is 2.33. The third-order valence-corrected chi connectivity index (χ3v) is 3.21. The Morgan fingerprint density at radius 1 is 1.28 bits per heavy atom. The summed E-state index contributed by atoms with van der Waals surface area (Å²) in [6.07, 6.45) is 3.83. The van der Waals surface area contributed by atoms with Gasteiger partial charge in [0.05, 0.1) is 5.69 Å². The van der Waals surface area contributed by atoms with Gasteiger partial charge >= 0.3 is 0 Å². The molecule has 0 spiro atoms. The van der Waals surface area contributed by atoms with Crippen LogP contribution in [0.1, 0.15) is 0 Å². The molecule has 2 aromatic carbocycles. The molecule has 0 radical (unpaired) electrons. The first-order valence-electron chi connectivity index (χ1n) is 5.73. The molecule has 3 heteroatoms. The minimum absolute atomic E-state index is 0.638. The molecule has 0 saturated carbocycles. The molecule has 0 aromatic heterocycles. The summed E-state index contributed by atoms with van der Waals surface area (Å²) in [5.41, 5.74) is 0.932. The van der Waals surface area contributed by atoms with E-state index < -0.39 is 0 Å². The lowest BCUT2D eigenvalue weighted by atomic mass is 10.1. The van der Waals surface area contributed by atoms with Gasteiger partial charge in [-0.1, -0.05) is 36.4 Å². The molecule has 0 atom stereocenters. The molecule has 1 N–H and O–H groups in total. The number of fused-ring (bicyclic) bond motifs is 2. The van der Waals surface area contributed by atoms with Crippen LogP contribution in [0, 0.1) is 0 Å². The van der Waals surface area contributed by atoms with Gasteiger partial charge in [0.1, 0.15) is 5.76 Å². The molecule has 1 aliphatic rings. The van der Waals surface area contributed by atoms with Gasteiger partial charge in [0.25, 0.3) is 0 Å². The highest BCUT2D eigenvalue weighted by molar-refractivity contribution is 6.35. The zero-order valence-corrected chi connectivity index (χ0v) is 10.5. The summed E-state index contributed by atoms with van der Waals surface area (Å²) in [4.78, 5) is 0. The third kappa shape index (κ3) is 1.95. The number of anilines is 1. The van der Waals surface area contributed by atoms with Crippen LogP contribution in [0.25, 0.3) is 10.8 Å². The largest absolute Gasteiger partial charge is 0.456 e. The minimum Gasteiger partial charge on any atom is -0.456 e. The van der Waals surface area contributed by atoms with E-state index in [1.165, 1.54) is 0 Å². The van der Waals surface area contributed by atoms with Crippen LogP contribution in [0.3, 0.4) is 0 Å². The van der Waals surface area contributed by atoms with E-state index in [1.54, 1.807) is 0 Å². The first-order valence-corrected chi connectivity index (χ1v) is 6.11. The van der Waals surface area contributed by atoms with Crippen LogP contribution in [0.2, 0.25) is 5.02 Å². The topological polar surface area (TPSA) is 21.3 Å². The summed E-state index contributed by atoms with van der Waals surface area (Å²) in [6, 6.07) is 9.83. The van der Waals surface area contributed by atoms with E-state index in [1.807, 2.05) is 42.5 Å². The van der Waals surface area contributed by atoms with Crippen molar-refractivity contribution < 1.29 is 4.74 Å². The van der Waals surface area contributed by atoms with Gasteiger partial charge in [0.2, 0.25) is 0 Å². The van der Waals surface area contributed by atoms with E-state index in [4.69, 9.17) is 16.3 Å². The van der Waals surface area contributed by atoms with Crippen molar-refractivity contribution in [1.29, 1.82) is 0 Å². The smallest absolute Gasteiger partial charge is 0.151 e. The molecular formula is C15H12ClNO. The summed E-state index contributed by atoms with van der Waals surface area (Å²) in [5.74, 6) is 1.42. The highest BCUT2D eigenvalue weighted by atomic mass is 35.5. The zero-order chi connectivity index (χ0) is 12.5. The molecule has 90 valence electrons. The molecule has 3 rings (SSSR count). The first kappa shape index (κ1) is 11.2. The van der Waals surface area contributed by atoms with Crippen molar-refractivity contribution in [3.8, 4) is 5.75 Å². The Morgan fingerprint density at radius 3 is 3.06 bits per heavy atom. The van der Waals surface area contributed by atoms with E-state index >= 15 is 0 Å². The second kappa shape index (κ2) is 4.39. The summed E-state index contributed by atoms with van der Waals surface area (Å²) in [7, 11) is 0. The number of rotatable bonds is 0. The lowest BCUT2D eigenvalue weighted by Gasteiger charge is -2.16. The number of ether oxygens (including phenoxy) is 1. The van der Waals surface area contributed by atoms with Crippen LogP contribution in [0.5, 0.6) is 5.75 Å². The van der Waals surface area contributed by atoms with Gasteiger partial charge in [-0.2, -0.15) is 0 Å². The second-order valence-corrected chi connectivity index (χ2v) is 4.57. The molecule has 0 amide bonds. The molecule has 1 aliphatic heterocycles. The maximum Gasteiger partial charge on any atom is 0.151 e. The fourth-order valence-corrected chi connectivity index (χ4v) is 2.26. The van der Waals surface area contributed by atoms with Crippen LogP contribution < -0.4 is 10.1 Å². The molecule has 0 unspecified atom stereocenters. The Hall–Kier alpha value is -1.93. The predicted octanol–water partition coefficient (Wildman–Crippen LogP) is 4.37. The van der Waals surface area contributed by atoms with Crippen molar-refractivity contribution in [2.75, 3.05) is 11.9 Å². The molecule has 2 aromatic rings. The fraction of sp³-hybridized carbons (Fsp3) is 0.0667. The number of allylic oxidation sites excluding steroid dienone is 1. The van der Waals surface area contributed by atoms with Crippen LogP contribution in [0.15, 0.2) is 54.8 Å². The van der Waals surface area contributed by atoms with Gasteiger partial charge in [0.15, 0.2) is 5.75 Å². The molecule has 0 fully saturated rings. The Labute approximate surface area is 111 Å². The molecule has 2 nitrogen and oxygen atoms in total. The van der Waals surface area contributed by atoms with Crippen LogP contribution >= 0.6 is 11.6 Å². The SMILES string of the molecule is C=C1/C=C\CNc2cc3c(Cl)cccc3cc2O1. The van der Waals surface area contributed by atoms with E-state index in [0.717, 1.165) is 33.8 Å². The van der Waals surface area contributed by atoms with E-state index in [-0.39, 0.29) is 0 Å². The number of hydrogen-bond donors (Lipinski definition) is 1. The monoisotopic (exact) mass is 257 g/mol. The summed E-state index contributed by atoms with van der Waals surface area (Å²) < 4.78 is 5.70. The van der Waals surface area contributed by atoms with E-state index in [0.29, 0.717) is 5.76 Å². The molecule has 0 aliphatic carbocycles. The number of halogens is 1. The number of hydrogen-bond acceptors (Lipinski definition) is 2. The molecule has 0 saturated heterocycles. The van der Waals surface area contributed by atoms with Gasteiger partial charge in [-0.3, -0.25) is 0 Å². The molecule has 18 heavy (non-hydrogen) atoms. The van der Waals surface area contributed by atoms with Crippen LogP contribution in [-0.4, -0.2) is 6.54 Å². The molecular weight excluding hydrogens is 246 g/mol. The van der Waals surface area contributed by atoms with Crippen LogP contribution in [-0.2, 0) is 0 Å². The van der Waals surface area contributed by atoms with Crippen molar-refractivity contribution in [2.45, 2.75) is 0 Å². The molecule has 0 bridgehead atoms. The van der Waals surface area contributed by atoms with Crippen molar-refractivity contribution in [2.24, 2.45) is 0 Å². The van der Waals surface area contributed by atoms with E-state index in [9.17, 15) is 0 Å². The van der Waals surface area contributed by atoms with Crippen LogP contribution in [0.4, 0.5) is 5.69 Å². The average molecular weight is 258 g/mol. The number of nitrogens with one attached hydrogen (secondary N) is 1. The summed E-state index contributed by atoms with van der Waals surface area (Å²) >= 11 is 6.20. The highest BCUT2D eigenvalue weighted by Crippen LogP contribution is 2.35. The Kier molecular flexibility index (Phi) is 2.73. The lowest BCUT2D eigenvalue weighted by molar-refractivity contribution is 0.448. The second-order valence-electron chi connectivity index (χ2n) is 4.16. The van der Waals surface area contributed by atoms with Crippen molar-refractivity contribution in [3.63, 3.8) is 0 Å². The highest BCUT2D eigenvalue weighted by Gasteiger charge is 2.10. The third-order valence-electron chi connectivity index (χ3n) is 2.88. The lowest BCUT2D eigenvalue weighted by Crippen LogP contribution is -2.05. The van der Waals surface area contributed by atoms with Gasteiger partial charge in [0, 0.05) is 17.0 Å². The Bertz CT molecular complexity index is 661. The minimum atomic E-state index is 0.638. The summed E-state index contributed by atoms with van der Waals surface area (Å²) in [6.45, 7) is 4.59. The maximum atomic E-state index is 6.20. The maximum absolute atomic E-state index is 6.20. The van der Waals surface area contributed by atoms with Gasteiger partial charge in [-0.05, 0) is 29.7 Å². The first-order chi connectivity index (χ1) is 8.74. The van der Waals surface area contributed by atoms with Gasteiger partial charge in [-0.25, -0.2) is 0 Å². The van der Waals surface area contributed by atoms with Crippen molar-refractivity contribution in [3.05, 3.63) is 59.8 Å².